The number of anilines is 1. The SMILES string of the molecule is CN(Cc1ccccc1N1CCOCC1)C(=O)[C@H]1C[C@H](O)CN1. The Bertz CT molecular complexity index is 546. The van der Waals surface area contributed by atoms with Crippen molar-refractivity contribution in [2.75, 3.05) is 44.8 Å². The van der Waals surface area contributed by atoms with Crippen LogP contribution < -0.4 is 10.2 Å². The van der Waals surface area contributed by atoms with Gasteiger partial charge in [0.1, 0.15) is 0 Å². The van der Waals surface area contributed by atoms with E-state index in [-0.39, 0.29) is 11.9 Å². The van der Waals surface area contributed by atoms with Gasteiger partial charge < -0.3 is 25.0 Å². The molecule has 2 heterocycles. The van der Waals surface area contributed by atoms with Gasteiger partial charge >= 0.3 is 0 Å². The number of carbonyl (C=O) groups excluding carboxylic acids is 1. The standard InChI is InChI=1S/C17H25N3O3/c1-19(17(22)15-10-14(21)11-18-15)12-13-4-2-3-5-16(13)20-6-8-23-9-7-20/h2-5,14-15,18,21H,6-12H2,1H3/t14-,15+/m0/s1. The molecule has 0 bridgehead atoms. The summed E-state index contributed by atoms with van der Waals surface area (Å²) in [5.41, 5.74) is 2.32. The fraction of sp³-hybridized carbons (Fsp3) is 0.588. The minimum Gasteiger partial charge on any atom is -0.392 e. The van der Waals surface area contributed by atoms with Gasteiger partial charge in [-0.2, -0.15) is 0 Å². The van der Waals surface area contributed by atoms with Gasteiger partial charge in [-0.1, -0.05) is 18.2 Å². The van der Waals surface area contributed by atoms with Crippen LogP contribution in [0.2, 0.25) is 0 Å². The van der Waals surface area contributed by atoms with E-state index in [1.54, 1.807) is 4.90 Å². The third kappa shape index (κ3) is 3.83. The summed E-state index contributed by atoms with van der Waals surface area (Å²) in [5, 5.41) is 12.7. The summed E-state index contributed by atoms with van der Waals surface area (Å²) in [6.07, 6.45) is 0.0758. The number of hydrogen-bond donors (Lipinski definition) is 2. The van der Waals surface area contributed by atoms with Crippen LogP contribution in [0.1, 0.15) is 12.0 Å². The Morgan fingerprint density at radius 3 is 2.83 bits per heavy atom. The first-order valence-corrected chi connectivity index (χ1v) is 8.22. The number of carbonyl (C=O) groups is 1. The molecule has 1 aromatic carbocycles. The van der Waals surface area contributed by atoms with Crippen molar-refractivity contribution in [3.8, 4) is 0 Å². The Morgan fingerprint density at radius 2 is 2.13 bits per heavy atom. The van der Waals surface area contributed by atoms with Crippen LogP contribution in [0.3, 0.4) is 0 Å². The Balaban J connectivity index is 1.68. The molecular formula is C17H25N3O3. The summed E-state index contributed by atoms with van der Waals surface area (Å²) in [7, 11) is 1.82. The van der Waals surface area contributed by atoms with Crippen LogP contribution in [-0.2, 0) is 16.1 Å². The molecule has 2 fully saturated rings. The average Bonchev–Trinajstić information content (AvgIpc) is 3.02. The van der Waals surface area contributed by atoms with Gasteiger partial charge in [-0.05, 0) is 18.1 Å². The number of morpholine rings is 1. The Morgan fingerprint density at radius 1 is 1.39 bits per heavy atom. The molecule has 1 amide bonds. The van der Waals surface area contributed by atoms with Crippen molar-refractivity contribution in [1.82, 2.24) is 10.2 Å². The molecule has 0 saturated carbocycles. The van der Waals surface area contributed by atoms with Gasteiger partial charge in [-0.25, -0.2) is 0 Å². The number of aliphatic hydroxyl groups excluding tert-OH is 1. The van der Waals surface area contributed by atoms with Crippen molar-refractivity contribution in [3.05, 3.63) is 29.8 Å². The number of amides is 1. The third-order valence-electron chi connectivity index (χ3n) is 4.53. The fourth-order valence-corrected chi connectivity index (χ4v) is 3.26. The van der Waals surface area contributed by atoms with Crippen molar-refractivity contribution in [2.24, 2.45) is 0 Å². The molecule has 6 nitrogen and oxygen atoms in total. The molecule has 0 spiro atoms. The first-order chi connectivity index (χ1) is 11.1. The Labute approximate surface area is 137 Å². The normalized spacial score (nSPS) is 24.7. The van der Waals surface area contributed by atoms with E-state index in [2.05, 4.69) is 22.3 Å². The highest BCUT2D eigenvalue weighted by molar-refractivity contribution is 5.82. The molecular weight excluding hydrogens is 294 g/mol. The van der Waals surface area contributed by atoms with E-state index in [4.69, 9.17) is 4.74 Å². The highest BCUT2D eigenvalue weighted by Gasteiger charge is 2.30. The number of nitrogens with zero attached hydrogens (tertiary/aromatic N) is 2. The smallest absolute Gasteiger partial charge is 0.239 e. The number of β-amino-alcohol motifs (C(OH)–C–C–N with tert-alkyl or cyclic N) is 1. The highest BCUT2D eigenvalue weighted by Crippen LogP contribution is 2.23. The summed E-state index contributed by atoms with van der Waals surface area (Å²) >= 11 is 0. The minimum absolute atomic E-state index is 0.0401. The number of rotatable bonds is 4. The molecule has 126 valence electrons. The van der Waals surface area contributed by atoms with Crippen molar-refractivity contribution in [2.45, 2.75) is 25.1 Å². The zero-order valence-corrected chi connectivity index (χ0v) is 13.6. The number of likely N-dealkylation sites (N-methyl/N-ethyl adjacent to an activating group) is 1. The molecule has 0 unspecified atom stereocenters. The van der Waals surface area contributed by atoms with Gasteiger partial charge in [0.25, 0.3) is 0 Å². The van der Waals surface area contributed by atoms with Gasteiger partial charge in [0.2, 0.25) is 5.91 Å². The predicted octanol–water partition coefficient (Wildman–Crippen LogP) is 0.204. The molecule has 1 aromatic rings. The van der Waals surface area contributed by atoms with Crippen LogP contribution in [-0.4, -0.2) is 68.0 Å². The monoisotopic (exact) mass is 319 g/mol. The zero-order chi connectivity index (χ0) is 16.2. The van der Waals surface area contributed by atoms with Gasteiger partial charge in [-0.3, -0.25) is 4.79 Å². The van der Waals surface area contributed by atoms with Crippen LogP contribution in [0, 0.1) is 0 Å². The second-order valence-electron chi connectivity index (χ2n) is 6.27. The lowest BCUT2D eigenvalue weighted by molar-refractivity contribution is -0.132. The number of aliphatic hydroxyl groups is 1. The molecule has 23 heavy (non-hydrogen) atoms. The van der Waals surface area contributed by atoms with E-state index in [1.807, 2.05) is 19.2 Å². The summed E-state index contributed by atoms with van der Waals surface area (Å²) in [5.74, 6) is 0.0401. The van der Waals surface area contributed by atoms with Crippen LogP contribution >= 0.6 is 0 Å². The number of hydrogen-bond acceptors (Lipinski definition) is 5. The van der Waals surface area contributed by atoms with Gasteiger partial charge in [-0.15, -0.1) is 0 Å². The summed E-state index contributed by atoms with van der Waals surface area (Å²) < 4.78 is 5.42. The third-order valence-corrected chi connectivity index (χ3v) is 4.53. The molecule has 6 heteroatoms. The number of ether oxygens (including phenoxy) is 1. The molecule has 2 N–H and O–H groups in total. The quantitative estimate of drug-likeness (QED) is 0.830. The maximum Gasteiger partial charge on any atom is 0.239 e. The summed E-state index contributed by atoms with van der Waals surface area (Å²) in [6, 6.07) is 7.95. The first kappa shape index (κ1) is 16.2. The van der Waals surface area contributed by atoms with E-state index in [9.17, 15) is 9.90 Å². The minimum atomic E-state index is -0.419. The van der Waals surface area contributed by atoms with Gasteiger partial charge in [0, 0.05) is 38.9 Å². The maximum absolute atomic E-state index is 12.5. The number of nitrogens with one attached hydrogen (secondary N) is 1. The molecule has 2 atom stereocenters. The lowest BCUT2D eigenvalue weighted by Crippen LogP contribution is -2.42. The van der Waals surface area contributed by atoms with E-state index >= 15 is 0 Å². The predicted molar refractivity (Wildman–Crippen MR) is 88.4 cm³/mol. The van der Waals surface area contributed by atoms with Crippen molar-refractivity contribution in [3.63, 3.8) is 0 Å². The summed E-state index contributed by atoms with van der Waals surface area (Å²) in [6.45, 7) is 4.31. The van der Waals surface area contributed by atoms with E-state index in [1.165, 1.54) is 5.69 Å². The van der Waals surface area contributed by atoms with E-state index < -0.39 is 6.10 Å². The van der Waals surface area contributed by atoms with Crippen LogP contribution in [0.4, 0.5) is 5.69 Å². The van der Waals surface area contributed by atoms with Gasteiger partial charge in [0.05, 0.1) is 25.4 Å². The maximum atomic E-state index is 12.5. The van der Waals surface area contributed by atoms with Crippen LogP contribution in [0.15, 0.2) is 24.3 Å². The van der Waals surface area contributed by atoms with Crippen molar-refractivity contribution < 1.29 is 14.6 Å². The largest absolute Gasteiger partial charge is 0.392 e. The number of benzene rings is 1. The Kier molecular flexibility index (Phi) is 5.15. The van der Waals surface area contributed by atoms with E-state index in [0.29, 0.717) is 19.5 Å². The average molecular weight is 319 g/mol. The second-order valence-corrected chi connectivity index (χ2v) is 6.27. The van der Waals surface area contributed by atoms with Crippen LogP contribution in [0.25, 0.3) is 0 Å². The van der Waals surface area contributed by atoms with Crippen LogP contribution in [0.5, 0.6) is 0 Å². The molecule has 2 aliphatic heterocycles. The molecule has 2 aliphatic rings. The Hall–Kier alpha value is -1.63. The van der Waals surface area contributed by atoms with E-state index in [0.717, 1.165) is 31.9 Å². The topological polar surface area (TPSA) is 65.0 Å². The molecule has 2 saturated heterocycles. The molecule has 0 aromatic heterocycles. The lowest BCUT2D eigenvalue weighted by atomic mass is 10.1. The molecule has 0 aliphatic carbocycles. The molecule has 0 radical (unpaired) electrons. The van der Waals surface area contributed by atoms with Crippen molar-refractivity contribution in [1.29, 1.82) is 0 Å². The fourth-order valence-electron chi connectivity index (χ4n) is 3.26. The molecule has 3 rings (SSSR count). The van der Waals surface area contributed by atoms with Gasteiger partial charge in [0.15, 0.2) is 0 Å². The lowest BCUT2D eigenvalue weighted by Gasteiger charge is -2.31. The summed E-state index contributed by atoms with van der Waals surface area (Å²) in [4.78, 5) is 16.6. The zero-order valence-electron chi connectivity index (χ0n) is 13.6. The van der Waals surface area contributed by atoms with Crippen molar-refractivity contribution >= 4 is 11.6 Å². The highest BCUT2D eigenvalue weighted by atomic mass is 16.5. The second kappa shape index (κ2) is 7.29. The first-order valence-electron chi connectivity index (χ1n) is 8.22. The number of para-hydroxylation sites is 1.